The summed E-state index contributed by atoms with van der Waals surface area (Å²) in [5.74, 6) is 0. The first-order chi connectivity index (χ1) is 17.6. The summed E-state index contributed by atoms with van der Waals surface area (Å²) in [6.07, 6.45) is 1.89. The molecule has 1 aromatic heterocycles. The van der Waals surface area contributed by atoms with E-state index >= 15 is 0 Å². The molecule has 2 heterocycles. The number of para-hydroxylation sites is 1. The zero-order valence-corrected chi connectivity index (χ0v) is 20.4. The van der Waals surface area contributed by atoms with E-state index in [1.54, 1.807) is 0 Å². The van der Waals surface area contributed by atoms with Gasteiger partial charge >= 0.3 is 0 Å². The molecule has 0 fully saturated rings. The fourth-order valence-corrected chi connectivity index (χ4v) is 5.85. The van der Waals surface area contributed by atoms with Crippen LogP contribution in [-0.4, -0.2) is 4.98 Å². The first-order valence-corrected chi connectivity index (χ1v) is 12.5. The Labute approximate surface area is 211 Å². The number of rotatable bonds is 2. The van der Waals surface area contributed by atoms with Gasteiger partial charge in [-0.15, -0.1) is 0 Å². The molecule has 7 rings (SSSR count). The van der Waals surface area contributed by atoms with Crippen LogP contribution in [0.15, 0.2) is 121 Å². The third-order valence-corrected chi connectivity index (χ3v) is 7.67. The largest absolute Gasteiger partial charge is 0.309 e. The average molecular weight is 463 g/mol. The van der Waals surface area contributed by atoms with E-state index in [0.717, 1.165) is 16.6 Å². The van der Waals surface area contributed by atoms with Crippen molar-refractivity contribution < 1.29 is 0 Å². The lowest BCUT2D eigenvalue weighted by molar-refractivity contribution is 0.632. The highest BCUT2D eigenvalue weighted by molar-refractivity contribution is 6.14. The van der Waals surface area contributed by atoms with E-state index in [0.29, 0.717) is 0 Å². The minimum absolute atomic E-state index is 0.141. The summed E-state index contributed by atoms with van der Waals surface area (Å²) in [6, 6.07) is 41.5. The first-order valence-electron chi connectivity index (χ1n) is 12.5. The van der Waals surface area contributed by atoms with Crippen molar-refractivity contribution in [3.05, 3.63) is 133 Å². The molecule has 0 bridgehead atoms. The lowest BCUT2D eigenvalue weighted by Crippen LogP contribution is -2.30. The SMILES string of the molecule is CC1(C)c2ccccc2N(c2cccc3ccc4cccnc4c23)c2ccc(-c3ccccc3)cc21. The maximum absolute atomic E-state index is 4.83. The maximum atomic E-state index is 4.83. The Balaban J connectivity index is 1.56. The van der Waals surface area contributed by atoms with E-state index in [1.165, 1.54) is 44.4 Å². The second-order valence-electron chi connectivity index (χ2n) is 10.1. The third-order valence-electron chi connectivity index (χ3n) is 7.67. The minimum atomic E-state index is -0.141. The van der Waals surface area contributed by atoms with Gasteiger partial charge in [-0.3, -0.25) is 4.98 Å². The van der Waals surface area contributed by atoms with Crippen LogP contribution in [-0.2, 0) is 5.41 Å². The van der Waals surface area contributed by atoms with Gasteiger partial charge in [-0.2, -0.15) is 0 Å². The van der Waals surface area contributed by atoms with Crippen LogP contribution >= 0.6 is 0 Å². The molecule has 0 radical (unpaired) electrons. The lowest BCUT2D eigenvalue weighted by atomic mass is 9.73. The van der Waals surface area contributed by atoms with Crippen LogP contribution in [0.25, 0.3) is 32.8 Å². The molecule has 0 spiro atoms. The van der Waals surface area contributed by atoms with Gasteiger partial charge in [0.05, 0.1) is 22.6 Å². The van der Waals surface area contributed by atoms with Gasteiger partial charge < -0.3 is 4.90 Å². The number of anilines is 3. The standard InChI is InChI=1S/C34H26N2/c1-34(2)27-14-6-7-15-29(27)36(30-20-19-26(22-28(30)34)23-10-4-3-5-11-23)31-16-8-12-24-17-18-25-13-9-21-35-33(25)32(24)31/h3-22H,1-2H3. The highest BCUT2D eigenvalue weighted by Crippen LogP contribution is 2.53. The van der Waals surface area contributed by atoms with E-state index in [2.05, 4.69) is 128 Å². The summed E-state index contributed by atoms with van der Waals surface area (Å²) in [5, 5.41) is 3.54. The molecule has 0 aliphatic carbocycles. The normalized spacial score (nSPS) is 14.0. The Morgan fingerprint density at radius 2 is 1.28 bits per heavy atom. The molecular weight excluding hydrogens is 436 g/mol. The lowest BCUT2D eigenvalue weighted by Gasteiger charge is -2.42. The predicted molar refractivity (Wildman–Crippen MR) is 151 cm³/mol. The second-order valence-corrected chi connectivity index (χ2v) is 10.1. The fourth-order valence-electron chi connectivity index (χ4n) is 5.85. The molecule has 172 valence electrons. The van der Waals surface area contributed by atoms with Crippen molar-refractivity contribution in [3.8, 4) is 11.1 Å². The maximum Gasteiger partial charge on any atom is 0.0801 e. The van der Waals surface area contributed by atoms with Crippen molar-refractivity contribution in [1.82, 2.24) is 4.98 Å². The van der Waals surface area contributed by atoms with Gasteiger partial charge in [-0.05, 0) is 58.0 Å². The molecule has 0 amide bonds. The second kappa shape index (κ2) is 7.79. The van der Waals surface area contributed by atoms with Crippen molar-refractivity contribution in [2.75, 3.05) is 4.90 Å². The molecule has 36 heavy (non-hydrogen) atoms. The molecular formula is C34H26N2. The number of hydrogen-bond acceptors (Lipinski definition) is 2. The van der Waals surface area contributed by atoms with Gasteiger partial charge in [0.25, 0.3) is 0 Å². The Kier molecular flexibility index (Phi) is 4.52. The van der Waals surface area contributed by atoms with Crippen molar-refractivity contribution >= 4 is 38.7 Å². The van der Waals surface area contributed by atoms with Crippen molar-refractivity contribution in [1.29, 1.82) is 0 Å². The molecule has 6 aromatic rings. The summed E-state index contributed by atoms with van der Waals surface area (Å²) in [5.41, 5.74) is 9.64. The van der Waals surface area contributed by atoms with Gasteiger partial charge in [0.15, 0.2) is 0 Å². The Bertz CT molecular complexity index is 1770. The third kappa shape index (κ3) is 3.01. The topological polar surface area (TPSA) is 16.1 Å². The van der Waals surface area contributed by atoms with Gasteiger partial charge in [0, 0.05) is 22.4 Å². The van der Waals surface area contributed by atoms with Gasteiger partial charge in [0.2, 0.25) is 0 Å². The van der Waals surface area contributed by atoms with Crippen LogP contribution in [0.3, 0.4) is 0 Å². The number of aromatic nitrogens is 1. The Morgan fingerprint density at radius 3 is 2.17 bits per heavy atom. The highest BCUT2D eigenvalue weighted by Gasteiger charge is 2.37. The Morgan fingerprint density at radius 1 is 0.556 bits per heavy atom. The molecule has 2 nitrogen and oxygen atoms in total. The molecule has 1 aliphatic heterocycles. The van der Waals surface area contributed by atoms with Crippen LogP contribution in [0.1, 0.15) is 25.0 Å². The quantitative estimate of drug-likeness (QED) is 0.238. The zero-order chi connectivity index (χ0) is 24.3. The van der Waals surface area contributed by atoms with Crippen LogP contribution in [0.4, 0.5) is 17.1 Å². The van der Waals surface area contributed by atoms with Crippen LogP contribution in [0.2, 0.25) is 0 Å². The average Bonchev–Trinajstić information content (AvgIpc) is 2.93. The summed E-state index contributed by atoms with van der Waals surface area (Å²) in [7, 11) is 0. The molecule has 0 N–H and O–H groups in total. The van der Waals surface area contributed by atoms with Gasteiger partial charge in [0.1, 0.15) is 0 Å². The van der Waals surface area contributed by atoms with E-state index in [1.807, 2.05) is 12.3 Å². The molecule has 2 heteroatoms. The first kappa shape index (κ1) is 20.9. The van der Waals surface area contributed by atoms with Crippen molar-refractivity contribution in [3.63, 3.8) is 0 Å². The van der Waals surface area contributed by atoms with Crippen LogP contribution in [0.5, 0.6) is 0 Å². The van der Waals surface area contributed by atoms with E-state index in [-0.39, 0.29) is 5.41 Å². The predicted octanol–water partition coefficient (Wildman–Crippen LogP) is 9.16. The summed E-state index contributed by atoms with van der Waals surface area (Å²) < 4.78 is 0. The fraction of sp³-hybridized carbons (Fsp3) is 0.0882. The molecule has 0 saturated carbocycles. The van der Waals surface area contributed by atoms with E-state index in [4.69, 9.17) is 4.98 Å². The molecule has 0 unspecified atom stereocenters. The monoisotopic (exact) mass is 462 g/mol. The summed E-state index contributed by atoms with van der Waals surface area (Å²) >= 11 is 0. The molecule has 1 aliphatic rings. The van der Waals surface area contributed by atoms with E-state index < -0.39 is 0 Å². The van der Waals surface area contributed by atoms with Crippen LogP contribution in [0, 0.1) is 0 Å². The molecule has 5 aromatic carbocycles. The number of benzene rings is 5. The summed E-state index contributed by atoms with van der Waals surface area (Å²) in [6.45, 7) is 4.69. The summed E-state index contributed by atoms with van der Waals surface area (Å²) in [4.78, 5) is 7.28. The van der Waals surface area contributed by atoms with Crippen LogP contribution < -0.4 is 4.90 Å². The smallest absolute Gasteiger partial charge is 0.0801 e. The zero-order valence-electron chi connectivity index (χ0n) is 20.4. The van der Waals surface area contributed by atoms with Gasteiger partial charge in [-0.1, -0.05) is 98.8 Å². The molecule has 0 saturated heterocycles. The van der Waals surface area contributed by atoms with Crippen molar-refractivity contribution in [2.24, 2.45) is 0 Å². The Hall–Kier alpha value is -4.43. The highest BCUT2D eigenvalue weighted by atomic mass is 15.2. The minimum Gasteiger partial charge on any atom is -0.309 e. The number of nitrogens with zero attached hydrogens (tertiary/aromatic N) is 2. The number of pyridine rings is 1. The number of fused-ring (bicyclic) bond motifs is 5. The van der Waals surface area contributed by atoms with E-state index in [9.17, 15) is 0 Å². The number of hydrogen-bond donors (Lipinski definition) is 0. The van der Waals surface area contributed by atoms with Gasteiger partial charge in [-0.25, -0.2) is 0 Å². The van der Waals surface area contributed by atoms with Crippen molar-refractivity contribution in [2.45, 2.75) is 19.3 Å². The molecule has 0 atom stereocenters.